The SMILES string of the molecule is C[N+](C)(C)CC(O)=C=O.c1cncnc1. The van der Waals surface area contributed by atoms with Gasteiger partial charge >= 0.3 is 0 Å². The summed E-state index contributed by atoms with van der Waals surface area (Å²) in [5.74, 6) is 1.21. The van der Waals surface area contributed by atoms with Crippen LogP contribution in [0.15, 0.2) is 30.5 Å². The van der Waals surface area contributed by atoms with Gasteiger partial charge in [0.25, 0.3) is 0 Å². The fourth-order valence-electron chi connectivity index (χ4n) is 0.735. The molecule has 1 N–H and O–H groups in total. The van der Waals surface area contributed by atoms with Gasteiger partial charge in [0.15, 0.2) is 5.94 Å². The van der Waals surface area contributed by atoms with Crippen LogP contribution in [0.3, 0.4) is 0 Å². The topological polar surface area (TPSA) is 63.1 Å². The molecule has 1 aromatic heterocycles. The third-order valence-corrected chi connectivity index (χ3v) is 1.22. The lowest BCUT2D eigenvalue weighted by Gasteiger charge is -2.21. The first-order valence-corrected chi connectivity index (χ1v) is 4.39. The van der Waals surface area contributed by atoms with Crippen LogP contribution in [-0.4, -0.2) is 53.2 Å². The molecule has 82 valence electrons. The summed E-state index contributed by atoms with van der Waals surface area (Å²) < 4.78 is 0.543. The van der Waals surface area contributed by atoms with Crippen molar-refractivity contribution in [2.45, 2.75) is 0 Å². The van der Waals surface area contributed by atoms with Crippen molar-refractivity contribution in [2.24, 2.45) is 0 Å². The average Bonchev–Trinajstić information content (AvgIpc) is 2.19. The van der Waals surface area contributed by atoms with E-state index in [1.807, 2.05) is 21.1 Å². The van der Waals surface area contributed by atoms with Gasteiger partial charge < -0.3 is 9.59 Å². The number of hydrogen-bond donors (Lipinski definition) is 1. The van der Waals surface area contributed by atoms with Crippen molar-refractivity contribution in [3.8, 4) is 0 Å². The highest BCUT2D eigenvalue weighted by atomic mass is 16.3. The van der Waals surface area contributed by atoms with Crippen molar-refractivity contribution in [3.05, 3.63) is 30.5 Å². The number of nitrogens with zero attached hydrogens (tertiary/aromatic N) is 3. The normalized spacial score (nSPS) is 9.53. The molecule has 1 rings (SSSR count). The molecule has 0 aliphatic carbocycles. The van der Waals surface area contributed by atoms with Gasteiger partial charge in [0.1, 0.15) is 12.9 Å². The summed E-state index contributed by atoms with van der Waals surface area (Å²) in [7, 11) is 5.65. The Morgan fingerprint density at radius 2 is 1.87 bits per heavy atom. The summed E-state index contributed by atoms with van der Waals surface area (Å²) in [5.41, 5.74) is 0. The van der Waals surface area contributed by atoms with Gasteiger partial charge in [-0.05, 0) is 6.07 Å². The fourth-order valence-corrected chi connectivity index (χ4v) is 0.735. The number of likely N-dealkylation sites (N-methyl/N-ethyl adjacent to an activating group) is 1. The summed E-state index contributed by atoms with van der Waals surface area (Å²) >= 11 is 0. The number of aliphatic hydroxyl groups is 1. The molecule has 0 aliphatic heterocycles. The maximum atomic E-state index is 9.76. The van der Waals surface area contributed by atoms with Gasteiger partial charge in [0.2, 0.25) is 5.76 Å². The molecule has 0 aromatic carbocycles. The van der Waals surface area contributed by atoms with Gasteiger partial charge in [-0.1, -0.05) is 0 Å². The van der Waals surface area contributed by atoms with Gasteiger partial charge in [-0.15, -0.1) is 0 Å². The predicted molar refractivity (Wildman–Crippen MR) is 56.8 cm³/mol. The van der Waals surface area contributed by atoms with Crippen LogP contribution in [0.25, 0.3) is 0 Å². The second kappa shape index (κ2) is 6.70. The standard InChI is InChI=1S/C6H11NO2.C4H4N2/c1-7(2,3)4-6(9)5-8;1-2-5-4-6-3-1/h4H2,1-3H3;1-4H/p+1. The van der Waals surface area contributed by atoms with Crippen LogP contribution in [0.4, 0.5) is 0 Å². The Bertz CT molecular complexity index is 286. The minimum Gasteiger partial charge on any atom is -0.498 e. The summed E-state index contributed by atoms with van der Waals surface area (Å²) in [6, 6.07) is 1.78. The van der Waals surface area contributed by atoms with Crippen LogP contribution >= 0.6 is 0 Å². The molecule has 0 aliphatic rings. The molecule has 5 heteroatoms. The molecule has 0 fully saturated rings. The molecule has 1 heterocycles. The van der Waals surface area contributed by atoms with Gasteiger partial charge in [-0.2, -0.15) is 0 Å². The van der Waals surface area contributed by atoms with E-state index in [1.54, 1.807) is 18.5 Å². The van der Waals surface area contributed by atoms with Crippen LogP contribution < -0.4 is 0 Å². The van der Waals surface area contributed by atoms with Crippen molar-refractivity contribution in [2.75, 3.05) is 27.7 Å². The van der Waals surface area contributed by atoms with E-state index in [0.29, 0.717) is 11.0 Å². The zero-order chi connectivity index (χ0) is 11.7. The Labute approximate surface area is 89.3 Å². The third kappa shape index (κ3) is 10.2. The van der Waals surface area contributed by atoms with E-state index in [9.17, 15) is 4.79 Å². The lowest BCUT2D eigenvalue weighted by Crippen LogP contribution is -2.36. The highest BCUT2D eigenvalue weighted by Crippen LogP contribution is 1.93. The average molecular weight is 210 g/mol. The molecular formula is C10H16N3O2+. The highest BCUT2D eigenvalue weighted by molar-refractivity contribution is 5.48. The maximum absolute atomic E-state index is 9.76. The third-order valence-electron chi connectivity index (χ3n) is 1.22. The first-order chi connectivity index (χ1) is 6.95. The number of carbonyl (C=O) groups excluding carboxylic acids is 1. The molecule has 0 radical (unpaired) electrons. The van der Waals surface area contributed by atoms with Crippen molar-refractivity contribution in [1.29, 1.82) is 0 Å². The molecule has 0 bridgehead atoms. The quantitative estimate of drug-likeness (QED) is 0.437. The van der Waals surface area contributed by atoms with E-state index in [4.69, 9.17) is 5.11 Å². The van der Waals surface area contributed by atoms with Gasteiger partial charge in [-0.3, -0.25) is 0 Å². The van der Waals surface area contributed by atoms with E-state index in [2.05, 4.69) is 9.97 Å². The Morgan fingerprint density at radius 1 is 1.33 bits per heavy atom. The number of rotatable bonds is 2. The molecule has 0 spiro atoms. The van der Waals surface area contributed by atoms with Gasteiger partial charge in [0, 0.05) is 12.4 Å². The monoisotopic (exact) mass is 210 g/mol. The van der Waals surface area contributed by atoms with E-state index in [0.717, 1.165) is 0 Å². The van der Waals surface area contributed by atoms with Crippen LogP contribution in [-0.2, 0) is 4.79 Å². The number of quaternary nitrogens is 1. The first-order valence-electron chi connectivity index (χ1n) is 4.39. The number of aliphatic hydroxyl groups excluding tert-OH is 1. The van der Waals surface area contributed by atoms with Crippen molar-refractivity contribution in [3.63, 3.8) is 0 Å². The molecule has 0 saturated carbocycles. The van der Waals surface area contributed by atoms with E-state index in [-0.39, 0.29) is 5.76 Å². The van der Waals surface area contributed by atoms with Gasteiger partial charge in [0.05, 0.1) is 21.1 Å². The second-order valence-electron chi connectivity index (χ2n) is 3.90. The largest absolute Gasteiger partial charge is 0.498 e. The van der Waals surface area contributed by atoms with Crippen LogP contribution in [0.2, 0.25) is 0 Å². The summed E-state index contributed by atoms with van der Waals surface area (Å²) in [6.07, 6.45) is 4.88. The number of aromatic nitrogens is 2. The molecule has 15 heavy (non-hydrogen) atoms. The summed E-state index contributed by atoms with van der Waals surface area (Å²) in [6.45, 7) is 0.337. The lowest BCUT2D eigenvalue weighted by molar-refractivity contribution is -0.866. The molecule has 0 saturated heterocycles. The maximum Gasteiger partial charge on any atom is 0.232 e. The number of hydrogen-bond acceptors (Lipinski definition) is 4. The summed E-state index contributed by atoms with van der Waals surface area (Å²) in [5, 5.41) is 8.67. The molecular weight excluding hydrogens is 194 g/mol. The predicted octanol–water partition coefficient (Wildman–Crippen LogP) is 0.443. The Balaban J connectivity index is 0.000000280. The van der Waals surface area contributed by atoms with Crippen molar-refractivity contribution in [1.82, 2.24) is 9.97 Å². The lowest BCUT2D eigenvalue weighted by atomic mass is 10.4. The van der Waals surface area contributed by atoms with Crippen LogP contribution in [0.5, 0.6) is 0 Å². The molecule has 0 amide bonds. The summed E-state index contributed by atoms with van der Waals surface area (Å²) in [4.78, 5) is 17.1. The Hall–Kier alpha value is -1.71. The Morgan fingerprint density at radius 3 is 2.00 bits per heavy atom. The van der Waals surface area contributed by atoms with Crippen molar-refractivity contribution < 1.29 is 14.4 Å². The second-order valence-corrected chi connectivity index (χ2v) is 3.90. The van der Waals surface area contributed by atoms with Crippen LogP contribution in [0.1, 0.15) is 0 Å². The first kappa shape index (κ1) is 13.3. The van der Waals surface area contributed by atoms with E-state index >= 15 is 0 Å². The molecule has 5 nitrogen and oxygen atoms in total. The zero-order valence-electron chi connectivity index (χ0n) is 9.21. The molecule has 1 aromatic rings. The minimum absolute atomic E-state index is 0.220. The van der Waals surface area contributed by atoms with E-state index < -0.39 is 0 Å². The van der Waals surface area contributed by atoms with Gasteiger partial charge in [-0.25, -0.2) is 14.8 Å². The smallest absolute Gasteiger partial charge is 0.232 e. The van der Waals surface area contributed by atoms with Crippen molar-refractivity contribution >= 4 is 5.94 Å². The Kier molecular flexibility index (Phi) is 5.94. The minimum atomic E-state index is -0.220. The van der Waals surface area contributed by atoms with Crippen LogP contribution in [0, 0.1) is 0 Å². The fraction of sp³-hybridized carbons (Fsp3) is 0.400. The zero-order valence-corrected chi connectivity index (χ0v) is 9.21. The molecule has 0 unspecified atom stereocenters. The molecule has 0 atom stereocenters. The highest BCUT2D eigenvalue weighted by Gasteiger charge is 2.09. The van der Waals surface area contributed by atoms with E-state index in [1.165, 1.54) is 12.3 Å².